The van der Waals surface area contributed by atoms with Crippen LogP contribution in [0.3, 0.4) is 0 Å². The lowest BCUT2D eigenvalue weighted by Gasteiger charge is -2.26. The molecule has 0 aromatic heterocycles. The van der Waals surface area contributed by atoms with Crippen LogP contribution in [0.1, 0.15) is 45.7 Å². The molecule has 27 heavy (non-hydrogen) atoms. The van der Waals surface area contributed by atoms with Gasteiger partial charge >= 0.3 is 0 Å². The molecule has 0 unspecified atom stereocenters. The fourth-order valence-electron chi connectivity index (χ4n) is 2.60. The Kier molecular flexibility index (Phi) is 5.70. The number of para-hydroxylation sites is 2. The molecule has 2 aromatic carbocycles. The zero-order valence-corrected chi connectivity index (χ0v) is 16.4. The van der Waals surface area contributed by atoms with Gasteiger partial charge in [0.25, 0.3) is 0 Å². The summed E-state index contributed by atoms with van der Waals surface area (Å²) >= 11 is 0. The van der Waals surface area contributed by atoms with Crippen molar-refractivity contribution in [1.29, 1.82) is 5.26 Å². The molecular formula is C22H25N3O2. The van der Waals surface area contributed by atoms with E-state index in [1.165, 1.54) is 0 Å². The van der Waals surface area contributed by atoms with Gasteiger partial charge in [-0.05, 0) is 43.0 Å². The summed E-state index contributed by atoms with van der Waals surface area (Å²) in [6.45, 7) is 9.32. The normalized spacial score (nSPS) is 11.4. The largest absolute Gasteiger partial charge is 0.325 e. The molecule has 2 aromatic rings. The highest BCUT2D eigenvalue weighted by atomic mass is 16.2. The molecule has 2 rings (SSSR count). The van der Waals surface area contributed by atoms with Crippen LogP contribution in [0.4, 0.5) is 11.4 Å². The second kappa shape index (κ2) is 7.63. The van der Waals surface area contributed by atoms with E-state index < -0.39 is 17.2 Å². The number of hydrogen-bond donors (Lipinski definition) is 2. The van der Waals surface area contributed by atoms with Crippen molar-refractivity contribution < 1.29 is 9.59 Å². The van der Waals surface area contributed by atoms with Gasteiger partial charge in [-0.1, -0.05) is 51.1 Å². The van der Waals surface area contributed by atoms with Gasteiger partial charge in [0, 0.05) is 5.69 Å². The zero-order chi connectivity index (χ0) is 20.2. The number of carbonyl (C=O) groups excluding carboxylic acids is 2. The molecule has 0 heterocycles. The van der Waals surface area contributed by atoms with E-state index in [0.29, 0.717) is 16.9 Å². The molecule has 0 bridgehead atoms. The standard InChI is InChI=1S/C22H25N3O2/c1-21(2,3)16-11-7-9-13-18(16)25-20(27)22(4,5)19(26)24-17-12-8-6-10-15(17)14-23/h6-13H,1-5H3,(H,24,26)(H,25,27). The highest BCUT2D eigenvalue weighted by Gasteiger charge is 2.37. The summed E-state index contributed by atoms with van der Waals surface area (Å²) in [5, 5.41) is 14.7. The second-order valence-electron chi connectivity index (χ2n) is 7.99. The van der Waals surface area contributed by atoms with Crippen LogP contribution in [0.25, 0.3) is 0 Å². The van der Waals surface area contributed by atoms with Crippen molar-refractivity contribution in [2.24, 2.45) is 5.41 Å². The number of amides is 2. The number of hydrogen-bond acceptors (Lipinski definition) is 3. The number of nitrogens with one attached hydrogen (secondary N) is 2. The summed E-state index contributed by atoms with van der Waals surface area (Å²) in [6, 6.07) is 16.3. The minimum atomic E-state index is -1.33. The Morgan fingerprint density at radius 2 is 1.30 bits per heavy atom. The number of nitriles is 1. The van der Waals surface area contributed by atoms with Gasteiger partial charge in [-0.15, -0.1) is 0 Å². The molecule has 0 fully saturated rings. The van der Waals surface area contributed by atoms with Crippen LogP contribution in [0, 0.1) is 16.7 Å². The maximum absolute atomic E-state index is 12.9. The minimum absolute atomic E-state index is 0.151. The molecule has 0 aliphatic carbocycles. The third-order valence-corrected chi connectivity index (χ3v) is 4.41. The summed E-state index contributed by atoms with van der Waals surface area (Å²) in [7, 11) is 0. The van der Waals surface area contributed by atoms with Gasteiger partial charge in [0.2, 0.25) is 11.8 Å². The van der Waals surface area contributed by atoms with Crippen molar-refractivity contribution in [1.82, 2.24) is 0 Å². The van der Waals surface area contributed by atoms with Crippen LogP contribution < -0.4 is 10.6 Å². The summed E-state index contributed by atoms with van der Waals surface area (Å²) in [6.07, 6.45) is 0. The van der Waals surface area contributed by atoms with Gasteiger partial charge < -0.3 is 10.6 Å². The molecule has 140 valence electrons. The van der Waals surface area contributed by atoms with E-state index in [4.69, 9.17) is 5.26 Å². The number of anilines is 2. The first kappa shape index (κ1) is 20.2. The van der Waals surface area contributed by atoms with Gasteiger partial charge in [0.05, 0.1) is 11.3 Å². The lowest BCUT2D eigenvalue weighted by Crippen LogP contribution is -2.42. The van der Waals surface area contributed by atoms with Crippen molar-refractivity contribution >= 4 is 23.2 Å². The molecule has 0 aliphatic heterocycles. The summed E-state index contributed by atoms with van der Waals surface area (Å²) in [4.78, 5) is 25.6. The molecule has 5 nitrogen and oxygen atoms in total. The number of nitrogens with zero attached hydrogens (tertiary/aromatic N) is 1. The SMILES string of the molecule is CC(C)(C(=O)Nc1ccccc1C#N)C(=O)Nc1ccccc1C(C)(C)C. The molecule has 2 N–H and O–H groups in total. The third-order valence-electron chi connectivity index (χ3n) is 4.41. The van der Waals surface area contributed by atoms with Gasteiger partial charge in [-0.25, -0.2) is 0 Å². The number of rotatable bonds is 4. The van der Waals surface area contributed by atoms with Crippen LogP contribution in [0.5, 0.6) is 0 Å². The summed E-state index contributed by atoms with van der Waals surface area (Å²) in [5.74, 6) is -0.887. The second-order valence-corrected chi connectivity index (χ2v) is 7.99. The highest BCUT2D eigenvalue weighted by Crippen LogP contribution is 2.31. The predicted molar refractivity (Wildman–Crippen MR) is 107 cm³/mol. The smallest absolute Gasteiger partial charge is 0.239 e. The van der Waals surface area contributed by atoms with Gasteiger partial charge in [0.1, 0.15) is 11.5 Å². The molecule has 0 saturated carbocycles. The predicted octanol–water partition coefficient (Wildman–Crippen LogP) is 4.46. The lowest BCUT2D eigenvalue weighted by atomic mass is 9.85. The van der Waals surface area contributed by atoms with Crippen molar-refractivity contribution in [2.75, 3.05) is 10.6 Å². The first-order valence-electron chi connectivity index (χ1n) is 8.79. The quantitative estimate of drug-likeness (QED) is 0.787. The van der Waals surface area contributed by atoms with Crippen LogP contribution >= 0.6 is 0 Å². The van der Waals surface area contributed by atoms with E-state index >= 15 is 0 Å². The molecule has 2 amide bonds. The maximum atomic E-state index is 12.9. The first-order chi connectivity index (χ1) is 12.6. The van der Waals surface area contributed by atoms with Gasteiger partial charge in [-0.2, -0.15) is 5.26 Å². The zero-order valence-electron chi connectivity index (χ0n) is 16.4. The minimum Gasteiger partial charge on any atom is -0.325 e. The molecule has 0 aliphatic rings. The fourth-order valence-corrected chi connectivity index (χ4v) is 2.60. The summed E-state index contributed by atoms with van der Waals surface area (Å²) < 4.78 is 0. The average molecular weight is 363 g/mol. The van der Waals surface area contributed by atoms with Crippen molar-refractivity contribution in [3.63, 3.8) is 0 Å². The Labute approximate surface area is 160 Å². The van der Waals surface area contributed by atoms with E-state index in [2.05, 4.69) is 31.4 Å². The van der Waals surface area contributed by atoms with Crippen molar-refractivity contribution in [3.8, 4) is 6.07 Å². The van der Waals surface area contributed by atoms with Crippen LogP contribution in [-0.2, 0) is 15.0 Å². The van der Waals surface area contributed by atoms with E-state index in [1.54, 1.807) is 38.1 Å². The van der Waals surface area contributed by atoms with E-state index in [-0.39, 0.29) is 5.41 Å². The highest BCUT2D eigenvalue weighted by molar-refractivity contribution is 6.14. The van der Waals surface area contributed by atoms with Crippen LogP contribution in [-0.4, -0.2) is 11.8 Å². The van der Waals surface area contributed by atoms with E-state index in [1.807, 2.05) is 30.3 Å². The Morgan fingerprint density at radius 3 is 1.85 bits per heavy atom. The molecule has 5 heteroatoms. The molecule has 0 saturated heterocycles. The third kappa shape index (κ3) is 4.53. The molecule has 0 spiro atoms. The fraction of sp³-hybridized carbons (Fsp3) is 0.318. The Bertz CT molecular complexity index is 902. The Morgan fingerprint density at radius 1 is 0.815 bits per heavy atom. The van der Waals surface area contributed by atoms with Crippen molar-refractivity contribution in [2.45, 2.75) is 40.0 Å². The summed E-state index contributed by atoms with van der Waals surface area (Å²) in [5.41, 5.74) is 0.939. The van der Waals surface area contributed by atoms with Crippen molar-refractivity contribution in [3.05, 3.63) is 59.7 Å². The van der Waals surface area contributed by atoms with Gasteiger partial charge in [-0.3, -0.25) is 9.59 Å². The monoisotopic (exact) mass is 363 g/mol. The van der Waals surface area contributed by atoms with Crippen LogP contribution in [0.15, 0.2) is 48.5 Å². The topological polar surface area (TPSA) is 82.0 Å². The molecule has 0 atom stereocenters. The molecule has 0 radical (unpaired) electrons. The Balaban J connectivity index is 2.23. The lowest BCUT2D eigenvalue weighted by molar-refractivity contribution is -0.135. The van der Waals surface area contributed by atoms with Crippen LogP contribution in [0.2, 0.25) is 0 Å². The van der Waals surface area contributed by atoms with Gasteiger partial charge in [0.15, 0.2) is 0 Å². The van der Waals surface area contributed by atoms with E-state index in [0.717, 1.165) is 5.56 Å². The first-order valence-corrected chi connectivity index (χ1v) is 8.79. The number of benzene rings is 2. The maximum Gasteiger partial charge on any atom is 0.239 e. The number of carbonyl (C=O) groups is 2. The molecular weight excluding hydrogens is 338 g/mol. The average Bonchev–Trinajstić information content (AvgIpc) is 2.61. The van der Waals surface area contributed by atoms with E-state index in [9.17, 15) is 9.59 Å². The Hall–Kier alpha value is -3.13.